The summed E-state index contributed by atoms with van der Waals surface area (Å²) in [4.78, 5) is 47.6. The number of ether oxygens (including phenoxy) is 1. The molecular weight excluding hydrogens is 494 g/mol. The van der Waals surface area contributed by atoms with Gasteiger partial charge in [0, 0.05) is 25.8 Å². The zero-order valence-corrected chi connectivity index (χ0v) is 22.4. The van der Waals surface area contributed by atoms with E-state index in [0.29, 0.717) is 18.7 Å². The number of rotatable bonds is 4. The van der Waals surface area contributed by atoms with E-state index in [4.69, 9.17) is 4.74 Å². The number of benzene rings is 2. The van der Waals surface area contributed by atoms with E-state index in [-0.39, 0.29) is 24.3 Å². The van der Waals surface area contributed by atoms with Crippen LogP contribution in [0.25, 0.3) is 0 Å². The second-order valence-corrected chi connectivity index (χ2v) is 11.0. The zero-order valence-electron chi connectivity index (χ0n) is 22.4. The van der Waals surface area contributed by atoms with E-state index >= 15 is 0 Å². The number of aryl methyl sites for hydroxylation is 2. The molecule has 0 bridgehead atoms. The summed E-state index contributed by atoms with van der Waals surface area (Å²) >= 11 is 0. The van der Waals surface area contributed by atoms with Crippen LogP contribution in [-0.4, -0.2) is 77.1 Å². The molecule has 0 saturated carbocycles. The van der Waals surface area contributed by atoms with Crippen molar-refractivity contribution >= 4 is 23.4 Å². The van der Waals surface area contributed by atoms with Crippen molar-refractivity contribution in [2.45, 2.75) is 37.6 Å². The van der Waals surface area contributed by atoms with Crippen molar-refractivity contribution in [1.82, 2.24) is 9.80 Å². The number of aliphatic hydroxyl groups excluding tert-OH is 1. The monoisotopic (exact) mass is 527 g/mol. The lowest BCUT2D eigenvalue weighted by Crippen LogP contribution is -2.56. The first-order valence-electron chi connectivity index (χ1n) is 13.4. The van der Waals surface area contributed by atoms with Gasteiger partial charge in [-0.3, -0.25) is 14.4 Å². The average Bonchev–Trinajstić information content (AvgIpc) is 3.26. The fourth-order valence-corrected chi connectivity index (χ4v) is 6.79. The van der Waals surface area contributed by atoms with Gasteiger partial charge in [-0.15, -0.1) is 0 Å². The number of likely N-dealkylation sites (N-methyl/N-ethyl adjacent to an activating group) is 1. The van der Waals surface area contributed by atoms with Crippen molar-refractivity contribution in [3.63, 3.8) is 0 Å². The van der Waals surface area contributed by atoms with Crippen LogP contribution < -0.4 is 4.90 Å². The molecule has 4 aliphatic heterocycles. The molecule has 1 spiro atoms. The van der Waals surface area contributed by atoms with Gasteiger partial charge in [0.15, 0.2) is 0 Å². The normalized spacial score (nSPS) is 30.7. The highest BCUT2D eigenvalue weighted by Gasteiger charge is 2.72. The smallest absolute Gasteiger partial charge is 0.253 e. The molecule has 2 fully saturated rings. The van der Waals surface area contributed by atoms with Gasteiger partial charge in [0.05, 0.1) is 30.6 Å². The fourth-order valence-electron chi connectivity index (χ4n) is 6.79. The molecule has 0 radical (unpaired) electrons. The van der Waals surface area contributed by atoms with Gasteiger partial charge in [-0.1, -0.05) is 66.8 Å². The highest BCUT2D eigenvalue weighted by atomic mass is 16.5. The number of carbonyl (C=O) groups excluding carboxylic acids is 3. The van der Waals surface area contributed by atoms with Crippen LogP contribution in [0.4, 0.5) is 5.69 Å². The number of hydrogen-bond donors (Lipinski definition) is 1. The van der Waals surface area contributed by atoms with Crippen LogP contribution in [0.2, 0.25) is 0 Å². The van der Waals surface area contributed by atoms with E-state index in [2.05, 4.69) is 0 Å². The minimum Gasteiger partial charge on any atom is -0.394 e. The summed E-state index contributed by atoms with van der Waals surface area (Å²) in [6, 6.07) is 13.3. The Balaban J connectivity index is 1.54. The summed E-state index contributed by atoms with van der Waals surface area (Å²) in [5.74, 6) is -2.50. The van der Waals surface area contributed by atoms with E-state index in [1.54, 1.807) is 16.8 Å². The number of hydrogen-bond acceptors (Lipinski definition) is 5. The molecule has 4 heterocycles. The second kappa shape index (κ2) is 9.47. The molecule has 202 valence electrons. The Morgan fingerprint density at radius 2 is 1.77 bits per heavy atom. The van der Waals surface area contributed by atoms with Crippen LogP contribution in [0.5, 0.6) is 0 Å². The van der Waals surface area contributed by atoms with Crippen molar-refractivity contribution in [1.29, 1.82) is 0 Å². The van der Waals surface area contributed by atoms with Gasteiger partial charge in [0.2, 0.25) is 11.8 Å². The quantitative estimate of drug-likeness (QED) is 0.618. The Morgan fingerprint density at radius 1 is 1.00 bits per heavy atom. The molecule has 1 N–H and O–H groups in total. The summed E-state index contributed by atoms with van der Waals surface area (Å²) in [5.41, 5.74) is 2.07. The van der Waals surface area contributed by atoms with Crippen molar-refractivity contribution in [3.8, 4) is 0 Å². The first kappa shape index (κ1) is 25.5. The number of anilines is 1. The maximum atomic E-state index is 14.7. The average molecular weight is 528 g/mol. The van der Waals surface area contributed by atoms with Gasteiger partial charge in [-0.2, -0.15) is 0 Å². The zero-order chi connectivity index (χ0) is 27.5. The van der Waals surface area contributed by atoms with Crippen LogP contribution in [0, 0.1) is 25.7 Å². The molecule has 8 heteroatoms. The summed E-state index contributed by atoms with van der Waals surface area (Å²) in [6.07, 6.45) is 6.81. The minimum absolute atomic E-state index is 0.183. The van der Waals surface area contributed by atoms with E-state index in [1.165, 1.54) is 4.90 Å². The lowest BCUT2D eigenvalue weighted by Gasteiger charge is -2.39. The summed E-state index contributed by atoms with van der Waals surface area (Å²) in [7, 11) is 1.71. The van der Waals surface area contributed by atoms with Gasteiger partial charge < -0.3 is 24.5 Å². The van der Waals surface area contributed by atoms with E-state index < -0.39 is 35.6 Å². The number of aliphatic hydroxyl groups is 1. The number of carbonyl (C=O) groups is 3. The Hall–Kier alpha value is -3.75. The summed E-state index contributed by atoms with van der Waals surface area (Å²) in [5, 5.41) is 10.6. The molecule has 6 rings (SSSR count). The molecule has 4 aliphatic rings. The highest BCUT2D eigenvalue weighted by Crippen LogP contribution is 2.55. The van der Waals surface area contributed by atoms with Gasteiger partial charge in [0.1, 0.15) is 11.6 Å². The summed E-state index contributed by atoms with van der Waals surface area (Å²) in [6.45, 7) is 4.28. The lowest BCUT2D eigenvalue weighted by molar-refractivity contribution is -0.146. The highest BCUT2D eigenvalue weighted by molar-refractivity contribution is 6.06. The minimum atomic E-state index is -1.35. The third kappa shape index (κ3) is 3.77. The van der Waals surface area contributed by atoms with Crippen molar-refractivity contribution < 1.29 is 24.2 Å². The maximum Gasteiger partial charge on any atom is 0.253 e. The predicted molar refractivity (Wildman–Crippen MR) is 146 cm³/mol. The third-order valence-corrected chi connectivity index (χ3v) is 8.65. The SMILES string of the molecule is Cc1ccc(C)c(N2CC=C[C@]34O[C@H]5C=CCN(C)C(=O)[C@H]5[C@H]3C(=O)N([C@H](CO)c3ccccc3)C4C2=O)c1. The molecule has 2 aromatic rings. The summed E-state index contributed by atoms with van der Waals surface area (Å²) < 4.78 is 6.69. The molecule has 0 aliphatic carbocycles. The van der Waals surface area contributed by atoms with Gasteiger partial charge in [-0.25, -0.2) is 0 Å². The topological polar surface area (TPSA) is 90.4 Å². The lowest BCUT2D eigenvalue weighted by atomic mass is 9.77. The van der Waals surface area contributed by atoms with E-state index in [9.17, 15) is 19.5 Å². The first-order chi connectivity index (χ1) is 18.8. The standard InChI is InChI=1S/C31H33N3O5/c1-19-12-13-20(2)22(17-19)33-16-8-14-31-26(25-24(39-31)11-7-15-32(3)28(25)36)29(37)34(27(31)30(33)38)23(18-35)21-9-5-4-6-10-21/h4-14,17,23-27,35H,15-16,18H2,1-3H3/t23-,24+,25-,26+,27?,31+/m1/s1. The molecule has 1 unspecified atom stereocenters. The van der Waals surface area contributed by atoms with Gasteiger partial charge >= 0.3 is 0 Å². The van der Waals surface area contributed by atoms with Gasteiger partial charge in [0.25, 0.3) is 5.91 Å². The first-order valence-corrected chi connectivity index (χ1v) is 13.4. The van der Waals surface area contributed by atoms with E-state index in [1.807, 2.05) is 86.7 Å². The molecule has 8 nitrogen and oxygen atoms in total. The predicted octanol–water partition coefficient (Wildman–Crippen LogP) is 2.55. The van der Waals surface area contributed by atoms with Crippen molar-refractivity contribution in [2.75, 3.05) is 31.6 Å². The van der Waals surface area contributed by atoms with Crippen LogP contribution in [0.1, 0.15) is 22.7 Å². The molecule has 6 atom stereocenters. The Kier molecular flexibility index (Phi) is 6.19. The number of likely N-dealkylation sites (tertiary alicyclic amines) is 1. The molecule has 39 heavy (non-hydrogen) atoms. The van der Waals surface area contributed by atoms with Crippen LogP contribution in [0.3, 0.4) is 0 Å². The van der Waals surface area contributed by atoms with E-state index in [0.717, 1.165) is 16.8 Å². The third-order valence-electron chi connectivity index (χ3n) is 8.65. The molecule has 2 saturated heterocycles. The molecule has 0 aromatic heterocycles. The number of nitrogens with zero attached hydrogens (tertiary/aromatic N) is 3. The van der Waals surface area contributed by atoms with Crippen LogP contribution in [-0.2, 0) is 19.1 Å². The number of fused-ring (bicyclic) bond motifs is 2. The largest absolute Gasteiger partial charge is 0.394 e. The molecular formula is C31H33N3O5. The molecule has 3 amide bonds. The van der Waals surface area contributed by atoms with Gasteiger partial charge in [-0.05, 0) is 36.6 Å². The van der Waals surface area contributed by atoms with Crippen LogP contribution >= 0.6 is 0 Å². The Labute approximate surface area is 228 Å². The molecule has 2 aromatic carbocycles. The Morgan fingerprint density at radius 3 is 2.51 bits per heavy atom. The maximum absolute atomic E-state index is 14.7. The van der Waals surface area contributed by atoms with Crippen molar-refractivity contribution in [2.24, 2.45) is 11.8 Å². The Bertz CT molecular complexity index is 1390. The van der Waals surface area contributed by atoms with Crippen LogP contribution in [0.15, 0.2) is 72.8 Å². The number of amides is 3. The fraction of sp³-hybridized carbons (Fsp3) is 0.387. The van der Waals surface area contributed by atoms with Crippen molar-refractivity contribution in [3.05, 3.63) is 89.5 Å². The second-order valence-electron chi connectivity index (χ2n) is 11.0.